The highest BCUT2D eigenvalue weighted by atomic mass is 35.5. The molecule has 0 aliphatic carbocycles. The molecule has 0 spiro atoms. The zero-order chi connectivity index (χ0) is 19.6. The summed E-state index contributed by atoms with van der Waals surface area (Å²) in [4.78, 5) is 12.8. The molecule has 0 unspecified atom stereocenters. The van der Waals surface area contributed by atoms with Crippen molar-refractivity contribution in [1.82, 2.24) is 0 Å². The molecule has 3 aromatic rings. The lowest BCUT2D eigenvalue weighted by Crippen LogP contribution is -2.05. The smallest absolute Gasteiger partial charge is 0.308 e. The first-order valence-corrected chi connectivity index (χ1v) is 9.96. The van der Waals surface area contributed by atoms with E-state index in [1.54, 1.807) is 24.3 Å². The third kappa shape index (κ3) is 4.12. The first-order chi connectivity index (χ1) is 12.9. The number of hydrogen-bond donors (Lipinski definition) is 0. The van der Waals surface area contributed by atoms with Gasteiger partial charge < -0.3 is 4.74 Å². The van der Waals surface area contributed by atoms with Crippen LogP contribution in [0.3, 0.4) is 0 Å². The topological polar surface area (TPSA) is 43.4 Å². The Morgan fingerprint density at radius 2 is 1.59 bits per heavy atom. The molecule has 3 nitrogen and oxygen atoms in total. The van der Waals surface area contributed by atoms with Crippen LogP contribution in [-0.4, -0.2) is 10.2 Å². The number of halogens is 1. The number of carbonyl (C=O) groups is 1. The Balaban J connectivity index is 2.23. The van der Waals surface area contributed by atoms with Crippen molar-refractivity contribution in [2.24, 2.45) is 0 Å². The molecular weight excluding hydrogens is 380 g/mol. The summed E-state index contributed by atoms with van der Waals surface area (Å²) in [5.74, 6) is -0.0205. The summed E-state index contributed by atoms with van der Waals surface area (Å²) in [5, 5.41) is 0.454. The summed E-state index contributed by atoms with van der Waals surface area (Å²) in [6.45, 7) is 5.24. The molecule has 5 heteroatoms. The van der Waals surface area contributed by atoms with Crippen LogP contribution >= 0.6 is 11.6 Å². The SMILES string of the molecule is CC(=O)Oc1cccc(C)c1-c1c(Cl)cccc1[S@@](=O)c1ccc(C)cc1. The summed E-state index contributed by atoms with van der Waals surface area (Å²) in [5.41, 5.74) is 3.27. The van der Waals surface area contributed by atoms with Crippen LogP contribution in [0.1, 0.15) is 18.1 Å². The quantitative estimate of drug-likeness (QED) is 0.417. The number of hydrogen-bond acceptors (Lipinski definition) is 3. The summed E-state index contributed by atoms with van der Waals surface area (Å²) < 4.78 is 18.7. The van der Waals surface area contributed by atoms with Gasteiger partial charge in [0, 0.05) is 28.0 Å². The number of esters is 1. The van der Waals surface area contributed by atoms with Crippen molar-refractivity contribution >= 4 is 28.4 Å². The van der Waals surface area contributed by atoms with Gasteiger partial charge in [0.2, 0.25) is 0 Å². The molecule has 0 amide bonds. The fraction of sp³-hybridized carbons (Fsp3) is 0.136. The van der Waals surface area contributed by atoms with Gasteiger partial charge in [0.25, 0.3) is 0 Å². The van der Waals surface area contributed by atoms with Gasteiger partial charge in [-0.2, -0.15) is 0 Å². The van der Waals surface area contributed by atoms with E-state index in [1.807, 2.05) is 50.2 Å². The van der Waals surface area contributed by atoms with E-state index in [2.05, 4.69) is 0 Å². The Kier molecular flexibility index (Phi) is 5.78. The van der Waals surface area contributed by atoms with Gasteiger partial charge in [-0.25, -0.2) is 4.21 Å². The monoisotopic (exact) mass is 398 g/mol. The minimum atomic E-state index is -1.43. The largest absolute Gasteiger partial charge is 0.426 e. The van der Waals surface area contributed by atoms with E-state index in [0.29, 0.717) is 31.7 Å². The van der Waals surface area contributed by atoms with Crippen molar-refractivity contribution in [3.63, 3.8) is 0 Å². The fourth-order valence-corrected chi connectivity index (χ4v) is 4.45. The molecule has 0 fully saturated rings. The standard InChI is InChI=1S/C22H19ClO3S/c1-14-10-12-17(13-11-14)27(25)20-9-5-7-18(23)22(20)21-15(2)6-4-8-19(21)26-16(3)24/h4-13H,1-3H3/t27-/m0/s1. The van der Waals surface area contributed by atoms with Gasteiger partial charge in [0.05, 0.1) is 15.7 Å². The maximum atomic E-state index is 13.3. The van der Waals surface area contributed by atoms with E-state index in [-0.39, 0.29) is 0 Å². The van der Waals surface area contributed by atoms with Crippen LogP contribution in [0.2, 0.25) is 5.02 Å². The zero-order valence-corrected chi connectivity index (χ0v) is 16.9. The van der Waals surface area contributed by atoms with Crippen LogP contribution in [0.4, 0.5) is 0 Å². The molecule has 0 bridgehead atoms. The number of rotatable bonds is 4. The second kappa shape index (κ2) is 8.07. The summed E-state index contributed by atoms with van der Waals surface area (Å²) >= 11 is 6.53. The Hall–Kier alpha value is -2.43. The Morgan fingerprint density at radius 1 is 0.926 bits per heavy atom. The van der Waals surface area contributed by atoms with Gasteiger partial charge in [-0.05, 0) is 49.7 Å². The molecule has 0 saturated carbocycles. The molecule has 0 heterocycles. The van der Waals surface area contributed by atoms with Crippen molar-refractivity contribution < 1.29 is 13.7 Å². The molecular formula is C22H19ClO3S. The van der Waals surface area contributed by atoms with Crippen molar-refractivity contribution in [2.75, 3.05) is 0 Å². The van der Waals surface area contributed by atoms with Crippen LogP contribution in [0.25, 0.3) is 11.1 Å². The fourth-order valence-electron chi connectivity index (χ4n) is 2.89. The van der Waals surface area contributed by atoms with Crippen LogP contribution in [-0.2, 0) is 15.6 Å². The minimum Gasteiger partial charge on any atom is -0.426 e. The van der Waals surface area contributed by atoms with E-state index in [9.17, 15) is 9.00 Å². The van der Waals surface area contributed by atoms with Crippen LogP contribution in [0.5, 0.6) is 5.75 Å². The molecule has 138 valence electrons. The second-order valence-electron chi connectivity index (χ2n) is 6.24. The van der Waals surface area contributed by atoms with E-state index in [4.69, 9.17) is 16.3 Å². The Morgan fingerprint density at radius 3 is 2.26 bits per heavy atom. The number of benzene rings is 3. The summed E-state index contributed by atoms with van der Waals surface area (Å²) in [6.07, 6.45) is 0. The van der Waals surface area contributed by atoms with Crippen LogP contribution in [0.15, 0.2) is 70.5 Å². The van der Waals surface area contributed by atoms with Crippen molar-refractivity contribution in [3.05, 3.63) is 76.8 Å². The molecule has 3 rings (SSSR count). The lowest BCUT2D eigenvalue weighted by molar-refractivity contribution is -0.131. The van der Waals surface area contributed by atoms with E-state index in [0.717, 1.165) is 11.1 Å². The van der Waals surface area contributed by atoms with Gasteiger partial charge >= 0.3 is 5.97 Å². The average molecular weight is 399 g/mol. The predicted molar refractivity (Wildman–Crippen MR) is 109 cm³/mol. The molecule has 0 aliphatic heterocycles. The van der Waals surface area contributed by atoms with Crippen LogP contribution < -0.4 is 4.74 Å². The average Bonchev–Trinajstić information content (AvgIpc) is 2.62. The van der Waals surface area contributed by atoms with E-state index in [1.165, 1.54) is 6.92 Å². The minimum absolute atomic E-state index is 0.401. The highest BCUT2D eigenvalue weighted by molar-refractivity contribution is 7.85. The van der Waals surface area contributed by atoms with Crippen molar-refractivity contribution in [1.29, 1.82) is 0 Å². The van der Waals surface area contributed by atoms with Crippen LogP contribution in [0, 0.1) is 13.8 Å². The van der Waals surface area contributed by atoms with E-state index < -0.39 is 16.8 Å². The second-order valence-corrected chi connectivity index (χ2v) is 8.09. The molecule has 0 radical (unpaired) electrons. The number of ether oxygens (including phenoxy) is 1. The maximum absolute atomic E-state index is 13.3. The van der Waals surface area contributed by atoms with Gasteiger partial charge in [-0.1, -0.05) is 47.5 Å². The lowest BCUT2D eigenvalue weighted by Gasteiger charge is -2.17. The summed E-state index contributed by atoms with van der Waals surface area (Å²) in [6, 6.07) is 18.3. The first kappa shape index (κ1) is 19.3. The first-order valence-electron chi connectivity index (χ1n) is 8.44. The molecule has 0 saturated heterocycles. The molecule has 0 aliphatic rings. The molecule has 0 aromatic heterocycles. The number of aryl methyl sites for hydroxylation is 2. The summed E-state index contributed by atoms with van der Waals surface area (Å²) in [7, 11) is -1.43. The van der Waals surface area contributed by atoms with Gasteiger partial charge in [0.1, 0.15) is 5.75 Å². The Labute approximate surface area is 166 Å². The van der Waals surface area contributed by atoms with Gasteiger partial charge in [0.15, 0.2) is 0 Å². The number of carbonyl (C=O) groups excluding carboxylic acids is 1. The van der Waals surface area contributed by atoms with E-state index >= 15 is 0 Å². The molecule has 0 N–H and O–H groups in total. The lowest BCUT2D eigenvalue weighted by atomic mass is 9.99. The predicted octanol–water partition coefficient (Wildman–Crippen LogP) is 5.72. The highest BCUT2D eigenvalue weighted by Gasteiger charge is 2.21. The van der Waals surface area contributed by atoms with Crippen molar-refractivity contribution in [2.45, 2.75) is 30.6 Å². The van der Waals surface area contributed by atoms with Crippen molar-refractivity contribution in [3.8, 4) is 16.9 Å². The zero-order valence-electron chi connectivity index (χ0n) is 15.3. The molecule has 1 atom stereocenters. The Bertz CT molecular complexity index is 1030. The normalized spacial score (nSPS) is 11.9. The third-order valence-electron chi connectivity index (χ3n) is 4.15. The van der Waals surface area contributed by atoms with Gasteiger partial charge in [-0.3, -0.25) is 4.79 Å². The highest BCUT2D eigenvalue weighted by Crippen LogP contribution is 2.41. The molecule has 3 aromatic carbocycles. The maximum Gasteiger partial charge on any atom is 0.308 e. The molecule has 27 heavy (non-hydrogen) atoms. The third-order valence-corrected chi connectivity index (χ3v) is 5.90. The van der Waals surface area contributed by atoms with Gasteiger partial charge in [-0.15, -0.1) is 0 Å².